The van der Waals surface area contributed by atoms with E-state index < -0.39 is 40.0 Å². The number of carboxylic acid groups (broad SMARTS) is 1. The van der Waals surface area contributed by atoms with Crippen molar-refractivity contribution in [3.05, 3.63) is 39.7 Å². The molecule has 0 aliphatic rings. The fourth-order valence-corrected chi connectivity index (χ4v) is 1.61. The number of aromatic carboxylic acids is 1. The van der Waals surface area contributed by atoms with Crippen molar-refractivity contribution in [1.29, 1.82) is 0 Å². The number of hydrogen-bond acceptors (Lipinski definition) is 3. The summed E-state index contributed by atoms with van der Waals surface area (Å²) in [6.07, 6.45) is -4.64. The molecule has 5 nitrogen and oxygen atoms in total. The van der Waals surface area contributed by atoms with Crippen LogP contribution < -0.4 is 5.43 Å². The molecule has 0 saturated carbocycles. The predicted molar refractivity (Wildman–Crippen MR) is 58.2 cm³/mol. The third kappa shape index (κ3) is 2.12. The van der Waals surface area contributed by atoms with Crippen molar-refractivity contribution in [3.8, 4) is 5.75 Å². The summed E-state index contributed by atoms with van der Waals surface area (Å²) in [7, 11) is 0. The minimum Gasteiger partial charge on any atom is -0.502 e. The summed E-state index contributed by atoms with van der Waals surface area (Å²) in [6, 6.07) is 2.20. The molecule has 1 aromatic carbocycles. The fourth-order valence-electron chi connectivity index (χ4n) is 1.61. The van der Waals surface area contributed by atoms with Gasteiger partial charge in [-0.3, -0.25) is 4.79 Å². The number of H-pyrrole nitrogens is 1. The number of carboxylic acids is 1. The first-order valence-electron chi connectivity index (χ1n) is 4.91. The van der Waals surface area contributed by atoms with E-state index in [-0.39, 0.29) is 5.52 Å². The summed E-state index contributed by atoms with van der Waals surface area (Å²) in [6.45, 7) is 0. The molecule has 8 heteroatoms. The van der Waals surface area contributed by atoms with Crippen molar-refractivity contribution in [2.75, 3.05) is 0 Å². The smallest absolute Gasteiger partial charge is 0.416 e. The van der Waals surface area contributed by atoms with Crippen LogP contribution in [-0.2, 0) is 6.18 Å². The van der Waals surface area contributed by atoms with Gasteiger partial charge in [-0.25, -0.2) is 4.79 Å². The van der Waals surface area contributed by atoms with E-state index in [0.717, 1.165) is 6.07 Å². The van der Waals surface area contributed by atoms with E-state index in [1.807, 2.05) is 0 Å². The lowest BCUT2D eigenvalue weighted by molar-refractivity contribution is -0.137. The topological polar surface area (TPSA) is 90.4 Å². The number of nitrogens with one attached hydrogen (secondary N) is 1. The summed E-state index contributed by atoms with van der Waals surface area (Å²) in [5.74, 6) is -2.71. The highest BCUT2D eigenvalue weighted by Gasteiger charge is 2.31. The molecule has 0 aliphatic carbocycles. The second-order valence-corrected chi connectivity index (χ2v) is 3.74. The van der Waals surface area contributed by atoms with Crippen LogP contribution >= 0.6 is 0 Å². The van der Waals surface area contributed by atoms with Gasteiger partial charge in [0.2, 0.25) is 5.43 Å². The zero-order chi connectivity index (χ0) is 14.4. The highest BCUT2D eigenvalue weighted by atomic mass is 19.4. The van der Waals surface area contributed by atoms with E-state index in [4.69, 9.17) is 5.11 Å². The molecule has 2 rings (SSSR count). The molecule has 0 bridgehead atoms. The zero-order valence-corrected chi connectivity index (χ0v) is 9.08. The Bertz CT molecular complexity index is 733. The van der Waals surface area contributed by atoms with E-state index in [1.165, 1.54) is 0 Å². The monoisotopic (exact) mass is 273 g/mol. The maximum Gasteiger partial charge on any atom is 0.416 e. The summed E-state index contributed by atoms with van der Waals surface area (Å²) in [5, 5.41) is 17.6. The number of aromatic nitrogens is 1. The van der Waals surface area contributed by atoms with Crippen molar-refractivity contribution in [3.63, 3.8) is 0 Å². The Morgan fingerprint density at radius 3 is 2.42 bits per heavy atom. The molecule has 0 saturated heterocycles. The molecule has 2 aromatic rings. The van der Waals surface area contributed by atoms with E-state index >= 15 is 0 Å². The Morgan fingerprint density at radius 1 is 1.26 bits per heavy atom. The van der Waals surface area contributed by atoms with Gasteiger partial charge in [0.1, 0.15) is 0 Å². The third-order valence-corrected chi connectivity index (χ3v) is 2.52. The van der Waals surface area contributed by atoms with E-state index in [0.29, 0.717) is 12.1 Å². The quantitative estimate of drug-likeness (QED) is 0.740. The first-order chi connectivity index (χ1) is 8.71. The summed E-state index contributed by atoms with van der Waals surface area (Å²) < 4.78 is 37.5. The summed E-state index contributed by atoms with van der Waals surface area (Å²) in [5.41, 5.74) is -3.10. The maximum atomic E-state index is 12.5. The maximum absolute atomic E-state index is 12.5. The number of pyridine rings is 1. The largest absolute Gasteiger partial charge is 0.502 e. The fraction of sp³-hybridized carbons (Fsp3) is 0.0909. The molecular formula is C11H6F3NO4. The van der Waals surface area contributed by atoms with Gasteiger partial charge in [-0.15, -0.1) is 0 Å². The highest BCUT2D eigenvalue weighted by molar-refractivity contribution is 5.93. The number of halogens is 3. The molecule has 0 atom stereocenters. The van der Waals surface area contributed by atoms with Crippen LogP contribution in [0.25, 0.3) is 10.9 Å². The van der Waals surface area contributed by atoms with Crippen LogP contribution in [0, 0.1) is 0 Å². The van der Waals surface area contributed by atoms with Crippen molar-refractivity contribution in [1.82, 2.24) is 4.98 Å². The molecule has 0 amide bonds. The predicted octanol–water partition coefficient (Wildman–Crippen LogP) is 1.95. The Morgan fingerprint density at radius 2 is 1.89 bits per heavy atom. The van der Waals surface area contributed by atoms with Gasteiger partial charge in [0, 0.05) is 5.39 Å². The van der Waals surface area contributed by atoms with E-state index in [1.54, 1.807) is 0 Å². The molecule has 1 aromatic heterocycles. The number of aromatic amines is 1. The molecule has 19 heavy (non-hydrogen) atoms. The second kappa shape index (κ2) is 4.01. The number of alkyl halides is 3. The molecule has 100 valence electrons. The Labute approximate surface area is 102 Å². The molecule has 0 aliphatic heterocycles. The highest BCUT2D eigenvalue weighted by Crippen LogP contribution is 2.30. The SMILES string of the molecule is O=C(O)c1[nH]c2ccc(C(F)(F)F)cc2c(=O)c1O. The normalized spacial score (nSPS) is 11.7. The van der Waals surface area contributed by atoms with Crippen molar-refractivity contribution in [2.45, 2.75) is 6.18 Å². The Kier molecular flexibility index (Phi) is 2.73. The van der Waals surface area contributed by atoms with Gasteiger partial charge < -0.3 is 15.2 Å². The lowest BCUT2D eigenvalue weighted by atomic mass is 10.1. The van der Waals surface area contributed by atoms with Crippen molar-refractivity contribution in [2.24, 2.45) is 0 Å². The van der Waals surface area contributed by atoms with E-state index in [9.17, 15) is 27.9 Å². The Balaban J connectivity index is 2.83. The lowest BCUT2D eigenvalue weighted by Gasteiger charge is -2.08. The molecule has 0 radical (unpaired) electrons. The van der Waals surface area contributed by atoms with Gasteiger partial charge in [-0.05, 0) is 18.2 Å². The van der Waals surface area contributed by atoms with Gasteiger partial charge in [0.15, 0.2) is 11.4 Å². The van der Waals surface area contributed by atoms with Crippen LogP contribution in [-0.4, -0.2) is 21.2 Å². The zero-order valence-electron chi connectivity index (χ0n) is 9.08. The number of rotatable bonds is 1. The van der Waals surface area contributed by atoms with Crippen LogP contribution in [0.5, 0.6) is 5.75 Å². The minimum absolute atomic E-state index is 0.104. The van der Waals surface area contributed by atoms with Gasteiger partial charge >= 0.3 is 12.1 Å². The molecular weight excluding hydrogens is 267 g/mol. The van der Waals surface area contributed by atoms with Gasteiger partial charge in [-0.2, -0.15) is 13.2 Å². The molecule has 0 fully saturated rings. The van der Waals surface area contributed by atoms with Gasteiger partial charge in [0.05, 0.1) is 11.1 Å². The molecule has 1 heterocycles. The average Bonchev–Trinajstić information content (AvgIpc) is 2.31. The number of benzene rings is 1. The molecule has 0 spiro atoms. The van der Waals surface area contributed by atoms with Crippen molar-refractivity contribution < 1.29 is 28.2 Å². The number of hydrogen-bond donors (Lipinski definition) is 3. The third-order valence-electron chi connectivity index (χ3n) is 2.52. The Hall–Kier alpha value is -2.51. The second-order valence-electron chi connectivity index (χ2n) is 3.74. The van der Waals surface area contributed by atoms with Crippen LogP contribution in [0.15, 0.2) is 23.0 Å². The molecule has 0 unspecified atom stereocenters. The van der Waals surface area contributed by atoms with Crippen LogP contribution in [0.3, 0.4) is 0 Å². The van der Waals surface area contributed by atoms with Crippen molar-refractivity contribution >= 4 is 16.9 Å². The summed E-state index contributed by atoms with van der Waals surface area (Å²) >= 11 is 0. The average molecular weight is 273 g/mol. The first kappa shape index (κ1) is 12.9. The first-order valence-corrected chi connectivity index (χ1v) is 4.91. The lowest BCUT2D eigenvalue weighted by Crippen LogP contribution is -2.13. The number of aromatic hydroxyl groups is 1. The number of carbonyl (C=O) groups is 1. The standard InChI is InChI=1S/C11H6F3NO4/c12-11(13,14)4-1-2-6-5(3-4)8(16)9(17)7(15-6)10(18)19/h1-3,17H,(H,15,16)(H,18,19). The van der Waals surface area contributed by atoms with E-state index in [2.05, 4.69) is 4.98 Å². The van der Waals surface area contributed by atoms with Gasteiger partial charge in [0.25, 0.3) is 0 Å². The van der Waals surface area contributed by atoms with Gasteiger partial charge in [-0.1, -0.05) is 0 Å². The van der Waals surface area contributed by atoms with Crippen LogP contribution in [0.1, 0.15) is 16.1 Å². The summed E-state index contributed by atoms with van der Waals surface area (Å²) in [4.78, 5) is 24.6. The van der Waals surface area contributed by atoms with Crippen LogP contribution in [0.2, 0.25) is 0 Å². The minimum atomic E-state index is -4.64. The number of fused-ring (bicyclic) bond motifs is 1. The van der Waals surface area contributed by atoms with Crippen LogP contribution in [0.4, 0.5) is 13.2 Å². The molecule has 3 N–H and O–H groups in total.